The fraction of sp³-hybridized carbons (Fsp3) is 0.333. The van der Waals surface area contributed by atoms with E-state index in [1.165, 1.54) is 31.8 Å². The summed E-state index contributed by atoms with van der Waals surface area (Å²) >= 11 is 0. The Balaban J connectivity index is 2.41. The second-order valence-corrected chi connectivity index (χ2v) is 6.45. The molecule has 0 amide bonds. The van der Waals surface area contributed by atoms with Crippen LogP contribution in [0.1, 0.15) is 19.9 Å². The van der Waals surface area contributed by atoms with E-state index in [0.717, 1.165) is 10.4 Å². The zero-order valence-electron chi connectivity index (χ0n) is 11.4. The van der Waals surface area contributed by atoms with E-state index in [1.807, 2.05) is 13.8 Å². The number of imidazole rings is 1. The van der Waals surface area contributed by atoms with Gasteiger partial charge in [0, 0.05) is 25.5 Å². The minimum Gasteiger partial charge on any atom is -0.334 e. The van der Waals surface area contributed by atoms with E-state index in [0.29, 0.717) is 0 Å². The number of anilines is 1. The van der Waals surface area contributed by atoms with Gasteiger partial charge in [0.25, 0.3) is 10.0 Å². The Bertz CT molecular complexity index is 712. The van der Waals surface area contributed by atoms with Gasteiger partial charge >= 0.3 is 0 Å². The summed E-state index contributed by atoms with van der Waals surface area (Å²) in [6.45, 7) is 3.81. The predicted octanol–water partition coefficient (Wildman–Crippen LogP) is 1.82. The molecule has 0 fully saturated rings. The number of hydrogen-bond donors (Lipinski definition) is 0. The monoisotopic (exact) mass is 298 g/mol. The third-order valence-corrected chi connectivity index (χ3v) is 4.47. The highest BCUT2D eigenvalue weighted by molar-refractivity contribution is 7.92. The van der Waals surface area contributed by atoms with Crippen LogP contribution < -0.4 is 4.31 Å². The van der Waals surface area contributed by atoms with E-state index in [2.05, 4.69) is 9.97 Å². The largest absolute Gasteiger partial charge is 0.334 e. The van der Waals surface area contributed by atoms with E-state index in [1.54, 1.807) is 4.57 Å². The molecular weight excluding hydrogens is 283 g/mol. The van der Waals surface area contributed by atoms with Crippen molar-refractivity contribution in [2.24, 2.45) is 0 Å². The van der Waals surface area contributed by atoms with E-state index < -0.39 is 15.8 Å². The van der Waals surface area contributed by atoms with Gasteiger partial charge in [-0.2, -0.15) is 8.42 Å². The first-order valence-corrected chi connectivity index (χ1v) is 7.41. The van der Waals surface area contributed by atoms with E-state index in [-0.39, 0.29) is 16.9 Å². The van der Waals surface area contributed by atoms with E-state index >= 15 is 0 Å². The molecule has 0 atom stereocenters. The second kappa shape index (κ2) is 5.20. The first-order valence-electron chi connectivity index (χ1n) is 5.97. The highest BCUT2D eigenvalue weighted by atomic mass is 32.2. The summed E-state index contributed by atoms with van der Waals surface area (Å²) in [5, 5.41) is -0.140. The van der Waals surface area contributed by atoms with Gasteiger partial charge in [0.15, 0.2) is 16.7 Å². The van der Waals surface area contributed by atoms with Gasteiger partial charge in [0.2, 0.25) is 0 Å². The van der Waals surface area contributed by atoms with Crippen molar-refractivity contribution in [3.8, 4) is 0 Å². The van der Waals surface area contributed by atoms with Crippen LogP contribution in [0, 0.1) is 5.82 Å². The van der Waals surface area contributed by atoms with Crippen LogP contribution in [0.3, 0.4) is 0 Å². The molecule has 2 rings (SSSR count). The van der Waals surface area contributed by atoms with E-state index in [4.69, 9.17) is 0 Å². The summed E-state index contributed by atoms with van der Waals surface area (Å²) in [6.07, 6.45) is 4.18. The predicted molar refractivity (Wildman–Crippen MR) is 72.4 cm³/mol. The number of pyridine rings is 1. The van der Waals surface area contributed by atoms with Gasteiger partial charge in [-0.3, -0.25) is 0 Å². The van der Waals surface area contributed by atoms with E-state index in [9.17, 15) is 12.8 Å². The Hall–Kier alpha value is -1.96. The Morgan fingerprint density at radius 1 is 1.35 bits per heavy atom. The van der Waals surface area contributed by atoms with Crippen LogP contribution >= 0.6 is 0 Å². The van der Waals surface area contributed by atoms with Crippen LogP contribution in [-0.4, -0.2) is 30.0 Å². The smallest absolute Gasteiger partial charge is 0.284 e. The van der Waals surface area contributed by atoms with Crippen molar-refractivity contribution in [3.05, 3.63) is 36.7 Å². The first-order chi connectivity index (χ1) is 9.34. The van der Waals surface area contributed by atoms with Crippen LogP contribution in [0.2, 0.25) is 0 Å². The van der Waals surface area contributed by atoms with Crippen molar-refractivity contribution in [3.63, 3.8) is 0 Å². The standard InChI is InChI=1S/C12H15FN4O2S/c1-9(2)17-7-11(15-8-17)20(18,19)16(3)12-10(13)5-4-6-14-12/h4-9H,1-3H3. The molecule has 8 heteroatoms. The number of aromatic nitrogens is 3. The molecule has 2 heterocycles. The normalized spacial score (nSPS) is 11.8. The molecule has 0 N–H and O–H groups in total. The molecule has 0 radical (unpaired) electrons. The summed E-state index contributed by atoms with van der Waals surface area (Å²) in [6, 6.07) is 2.64. The summed E-state index contributed by atoms with van der Waals surface area (Å²) in [5.74, 6) is -0.964. The van der Waals surface area contributed by atoms with Gasteiger partial charge in [0.05, 0.1) is 6.33 Å². The molecule has 0 saturated heterocycles. The highest BCUT2D eigenvalue weighted by Crippen LogP contribution is 2.21. The molecule has 0 unspecified atom stereocenters. The quantitative estimate of drug-likeness (QED) is 0.863. The number of halogens is 1. The molecule has 2 aromatic rings. The fourth-order valence-electron chi connectivity index (χ4n) is 1.60. The van der Waals surface area contributed by atoms with Gasteiger partial charge < -0.3 is 4.57 Å². The molecule has 0 aliphatic carbocycles. The number of sulfonamides is 1. The molecule has 0 spiro atoms. The lowest BCUT2D eigenvalue weighted by Crippen LogP contribution is -2.28. The Morgan fingerprint density at radius 2 is 2.05 bits per heavy atom. The van der Waals surface area contributed by atoms with Crippen molar-refractivity contribution in [1.82, 2.24) is 14.5 Å². The Labute approximate surface area is 116 Å². The third-order valence-electron chi connectivity index (χ3n) is 2.84. The lowest BCUT2D eigenvalue weighted by atomic mass is 10.4. The molecule has 20 heavy (non-hydrogen) atoms. The van der Waals surface area contributed by atoms with Crippen molar-refractivity contribution < 1.29 is 12.8 Å². The van der Waals surface area contributed by atoms with Crippen LogP contribution in [0.25, 0.3) is 0 Å². The Kier molecular flexibility index (Phi) is 3.76. The Morgan fingerprint density at radius 3 is 2.60 bits per heavy atom. The van der Waals surface area contributed by atoms with Crippen LogP contribution in [0.5, 0.6) is 0 Å². The maximum Gasteiger partial charge on any atom is 0.284 e. The molecule has 2 aromatic heterocycles. The highest BCUT2D eigenvalue weighted by Gasteiger charge is 2.27. The fourth-order valence-corrected chi connectivity index (χ4v) is 2.67. The SMILES string of the molecule is CC(C)n1cnc(S(=O)(=O)N(C)c2ncccc2F)c1. The van der Waals surface area contributed by atoms with Gasteiger partial charge in [-0.1, -0.05) is 0 Å². The first kappa shape index (κ1) is 14.4. The van der Waals surface area contributed by atoms with Gasteiger partial charge in [-0.25, -0.2) is 18.7 Å². The number of rotatable bonds is 4. The van der Waals surface area contributed by atoms with Crippen LogP contribution in [0.4, 0.5) is 10.2 Å². The van der Waals surface area contributed by atoms with Crippen molar-refractivity contribution >= 4 is 15.8 Å². The van der Waals surface area contributed by atoms with Gasteiger partial charge in [0.1, 0.15) is 0 Å². The van der Waals surface area contributed by atoms with Crippen LogP contribution in [0.15, 0.2) is 35.9 Å². The van der Waals surface area contributed by atoms with Crippen molar-refractivity contribution in [2.45, 2.75) is 24.9 Å². The van der Waals surface area contributed by atoms with Crippen LogP contribution in [-0.2, 0) is 10.0 Å². The van der Waals surface area contributed by atoms with Crippen molar-refractivity contribution in [1.29, 1.82) is 0 Å². The maximum absolute atomic E-state index is 13.6. The maximum atomic E-state index is 13.6. The summed E-state index contributed by atoms with van der Waals surface area (Å²) in [5.41, 5.74) is 0. The molecular formula is C12H15FN4O2S. The molecule has 108 valence electrons. The average Bonchev–Trinajstić information content (AvgIpc) is 2.89. The molecule has 0 aliphatic rings. The lowest BCUT2D eigenvalue weighted by molar-refractivity contribution is 0.582. The molecule has 0 aromatic carbocycles. The van der Waals surface area contributed by atoms with Crippen molar-refractivity contribution in [2.75, 3.05) is 11.4 Å². The summed E-state index contributed by atoms with van der Waals surface area (Å²) in [4.78, 5) is 7.62. The van der Waals surface area contributed by atoms with Gasteiger partial charge in [-0.05, 0) is 26.0 Å². The third kappa shape index (κ3) is 2.51. The molecule has 0 bridgehead atoms. The molecule has 0 saturated carbocycles. The summed E-state index contributed by atoms with van der Waals surface area (Å²) < 4.78 is 40.8. The number of nitrogens with zero attached hydrogens (tertiary/aromatic N) is 4. The molecule has 6 nitrogen and oxygen atoms in total. The molecule has 0 aliphatic heterocycles. The van der Waals surface area contributed by atoms with Gasteiger partial charge in [-0.15, -0.1) is 0 Å². The zero-order valence-corrected chi connectivity index (χ0v) is 12.2. The average molecular weight is 298 g/mol. The minimum absolute atomic E-state index is 0.0864. The zero-order chi connectivity index (χ0) is 14.9. The summed E-state index contributed by atoms with van der Waals surface area (Å²) in [7, 11) is -2.68. The number of hydrogen-bond acceptors (Lipinski definition) is 4. The minimum atomic E-state index is -3.93. The second-order valence-electron chi connectivity index (χ2n) is 4.53. The topological polar surface area (TPSA) is 68.1 Å². The lowest BCUT2D eigenvalue weighted by Gasteiger charge is -2.17.